The Morgan fingerprint density at radius 3 is 2.30 bits per heavy atom. The van der Waals surface area contributed by atoms with Crippen molar-refractivity contribution in [3.63, 3.8) is 0 Å². The first-order valence-corrected chi connectivity index (χ1v) is 6.47. The maximum atomic E-state index is 12.6. The Balaban J connectivity index is 2.02. The van der Waals surface area contributed by atoms with Gasteiger partial charge >= 0.3 is 0 Å². The number of hydrogen-bond donors (Lipinski definition) is 2. The van der Waals surface area contributed by atoms with Crippen LogP contribution in [0.5, 0.6) is 0 Å². The first-order valence-electron chi connectivity index (χ1n) is 6.47. The van der Waals surface area contributed by atoms with E-state index in [1.165, 1.54) is 12.1 Å². The van der Waals surface area contributed by atoms with Crippen LogP contribution in [0.15, 0.2) is 54.6 Å². The molecule has 0 aliphatic carbocycles. The molecule has 2 nitrogen and oxygen atoms in total. The topological polar surface area (TPSA) is 32.3 Å². The lowest BCUT2D eigenvalue weighted by Gasteiger charge is -2.17. The molecule has 4 heteroatoms. The van der Waals surface area contributed by atoms with Crippen LogP contribution < -0.4 is 5.32 Å². The number of nitrogens with one attached hydrogen (secondary N) is 1. The van der Waals surface area contributed by atoms with Crippen molar-refractivity contribution in [2.24, 2.45) is 0 Å². The Morgan fingerprint density at radius 2 is 1.65 bits per heavy atom. The van der Waals surface area contributed by atoms with E-state index in [1.807, 2.05) is 30.3 Å². The number of alkyl halides is 2. The number of benzene rings is 2. The van der Waals surface area contributed by atoms with E-state index in [0.29, 0.717) is 6.54 Å². The molecule has 0 saturated heterocycles. The van der Waals surface area contributed by atoms with E-state index in [-0.39, 0.29) is 18.2 Å². The van der Waals surface area contributed by atoms with Crippen LogP contribution in [0.3, 0.4) is 0 Å². The van der Waals surface area contributed by atoms with Crippen molar-refractivity contribution in [1.29, 1.82) is 0 Å². The monoisotopic (exact) mass is 277 g/mol. The second-order valence-corrected chi connectivity index (χ2v) is 4.57. The van der Waals surface area contributed by atoms with Gasteiger partial charge in [0.05, 0.1) is 12.6 Å². The van der Waals surface area contributed by atoms with Crippen LogP contribution in [0.2, 0.25) is 0 Å². The summed E-state index contributed by atoms with van der Waals surface area (Å²) in [6.07, 6.45) is -2.46. The minimum atomic E-state index is -2.46. The van der Waals surface area contributed by atoms with Crippen molar-refractivity contribution in [2.45, 2.75) is 19.0 Å². The number of halogens is 2. The lowest BCUT2D eigenvalue weighted by molar-refractivity contribution is 0.151. The third kappa shape index (κ3) is 3.85. The zero-order valence-corrected chi connectivity index (χ0v) is 11.0. The van der Waals surface area contributed by atoms with Crippen molar-refractivity contribution in [3.8, 4) is 0 Å². The van der Waals surface area contributed by atoms with E-state index in [9.17, 15) is 13.9 Å². The highest BCUT2D eigenvalue weighted by Gasteiger charge is 2.10. The summed E-state index contributed by atoms with van der Waals surface area (Å²) in [4.78, 5) is 0. The van der Waals surface area contributed by atoms with Gasteiger partial charge in [-0.15, -0.1) is 0 Å². The van der Waals surface area contributed by atoms with Crippen molar-refractivity contribution in [2.75, 3.05) is 6.61 Å². The molecule has 0 heterocycles. The van der Waals surface area contributed by atoms with Crippen molar-refractivity contribution in [3.05, 3.63) is 71.3 Å². The standard InChI is InChI=1S/C16H17F2NO/c17-16(18)14-8-4-5-12(9-14)10-19-15(11-20)13-6-2-1-3-7-13/h1-9,15-16,19-20H,10-11H2/t15-/m1/s1. The smallest absolute Gasteiger partial charge is 0.263 e. The quantitative estimate of drug-likeness (QED) is 0.847. The summed E-state index contributed by atoms with van der Waals surface area (Å²) in [6.45, 7) is 0.388. The summed E-state index contributed by atoms with van der Waals surface area (Å²) in [5.41, 5.74) is 1.77. The predicted octanol–water partition coefficient (Wildman–Crippen LogP) is 3.45. The number of hydrogen-bond acceptors (Lipinski definition) is 2. The van der Waals surface area contributed by atoms with Crippen LogP contribution in [-0.4, -0.2) is 11.7 Å². The summed E-state index contributed by atoms with van der Waals surface area (Å²) in [5, 5.41) is 12.6. The summed E-state index contributed by atoms with van der Waals surface area (Å²) in [6, 6.07) is 15.6. The Hall–Kier alpha value is -1.78. The molecule has 2 N–H and O–H groups in total. The van der Waals surface area contributed by atoms with Crippen LogP contribution in [0.1, 0.15) is 29.2 Å². The van der Waals surface area contributed by atoms with Gasteiger partial charge in [0.15, 0.2) is 0 Å². The average molecular weight is 277 g/mol. The number of aliphatic hydroxyl groups is 1. The zero-order valence-electron chi connectivity index (χ0n) is 11.0. The molecule has 20 heavy (non-hydrogen) atoms. The Labute approximate surface area is 117 Å². The highest BCUT2D eigenvalue weighted by atomic mass is 19.3. The molecule has 0 aliphatic rings. The second-order valence-electron chi connectivity index (χ2n) is 4.57. The highest BCUT2D eigenvalue weighted by Crippen LogP contribution is 2.20. The van der Waals surface area contributed by atoms with Crippen LogP contribution in [0, 0.1) is 0 Å². The maximum absolute atomic E-state index is 12.6. The molecule has 0 bridgehead atoms. The van der Waals surface area contributed by atoms with Crippen molar-refractivity contribution >= 4 is 0 Å². The minimum Gasteiger partial charge on any atom is -0.394 e. The van der Waals surface area contributed by atoms with Crippen LogP contribution in [0.4, 0.5) is 8.78 Å². The van der Waals surface area contributed by atoms with E-state index in [0.717, 1.165) is 11.1 Å². The van der Waals surface area contributed by atoms with Gasteiger partial charge in [-0.3, -0.25) is 0 Å². The summed E-state index contributed by atoms with van der Waals surface area (Å²) in [5.74, 6) is 0. The Morgan fingerprint density at radius 1 is 0.950 bits per heavy atom. The Kier molecular flexibility index (Phi) is 5.21. The molecule has 2 aromatic carbocycles. The lowest BCUT2D eigenvalue weighted by atomic mass is 10.1. The first-order chi connectivity index (χ1) is 9.70. The third-order valence-electron chi connectivity index (χ3n) is 3.14. The molecule has 0 aromatic heterocycles. The molecular weight excluding hydrogens is 260 g/mol. The van der Waals surface area contributed by atoms with Gasteiger partial charge in [-0.2, -0.15) is 0 Å². The average Bonchev–Trinajstić information content (AvgIpc) is 2.49. The molecule has 0 amide bonds. The third-order valence-corrected chi connectivity index (χ3v) is 3.14. The second kappa shape index (κ2) is 7.12. The van der Waals surface area contributed by atoms with E-state index >= 15 is 0 Å². The molecule has 106 valence electrons. The van der Waals surface area contributed by atoms with Crippen LogP contribution >= 0.6 is 0 Å². The van der Waals surface area contributed by atoms with Crippen molar-refractivity contribution in [1.82, 2.24) is 5.32 Å². The molecule has 2 aromatic rings. The number of rotatable bonds is 6. The van der Waals surface area contributed by atoms with Gasteiger partial charge in [0.2, 0.25) is 0 Å². The molecule has 0 spiro atoms. The highest BCUT2D eigenvalue weighted by molar-refractivity contribution is 5.25. The van der Waals surface area contributed by atoms with Gasteiger partial charge in [-0.25, -0.2) is 8.78 Å². The molecule has 0 radical (unpaired) electrons. The van der Waals surface area contributed by atoms with Gasteiger partial charge in [0.1, 0.15) is 0 Å². The molecular formula is C16H17F2NO. The van der Waals surface area contributed by atoms with E-state index in [4.69, 9.17) is 0 Å². The van der Waals surface area contributed by atoms with Gasteiger partial charge in [-0.1, -0.05) is 48.5 Å². The Bertz CT molecular complexity index is 531. The van der Waals surface area contributed by atoms with Gasteiger partial charge in [-0.05, 0) is 17.2 Å². The predicted molar refractivity (Wildman–Crippen MR) is 74.5 cm³/mol. The number of aliphatic hydroxyl groups excluding tert-OH is 1. The van der Waals surface area contributed by atoms with Gasteiger partial charge in [0, 0.05) is 12.1 Å². The molecule has 0 fully saturated rings. The van der Waals surface area contributed by atoms with Gasteiger partial charge < -0.3 is 10.4 Å². The minimum absolute atomic E-state index is 0.0181. The van der Waals surface area contributed by atoms with E-state index < -0.39 is 6.43 Å². The fraction of sp³-hybridized carbons (Fsp3) is 0.250. The van der Waals surface area contributed by atoms with Gasteiger partial charge in [0.25, 0.3) is 6.43 Å². The molecule has 0 unspecified atom stereocenters. The first kappa shape index (κ1) is 14.6. The lowest BCUT2D eigenvalue weighted by Crippen LogP contribution is -2.23. The largest absolute Gasteiger partial charge is 0.394 e. The van der Waals surface area contributed by atoms with Crippen LogP contribution in [0.25, 0.3) is 0 Å². The summed E-state index contributed by atoms with van der Waals surface area (Å²) < 4.78 is 25.2. The molecule has 0 aliphatic heterocycles. The molecule has 1 atom stereocenters. The maximum Gasteiger partial charge on any atom is 0.263 e. The SMILES string of the molecule is OC[C@@H](NCc1cccc(C(F)F)c1)c1ccccc1. The van der Waals surface area contributed by atoms with E-state index in [2.05, 4.69) is 5.32 Å². The fourth-order valence-electron chi connectivity index (χ4n) is 2.05. The summed E-state index contributed by atoms with van der Waals surface area (Å²) in [7, 11) is 0. The fourth-order valence-corrected chi connectivity index (χ4v) is 2.05. The van der Waals surface area contributed by atoms with Crippen molar-refractivity contribution < 1.29 is 13.9 Å². The summed E-state index contributed by atoms with van der Waals surface area (Å²) >= 11 is 0. The van der Waals surface area contributed by atoms with Crippen LogP contribution in [-0.2, 0) is 6.54 Å². The van der Waals surface area contributed by atoms with E-state index in [1.54, 1.807) is 12.1 Å². The molecule has 2 rings (SSSR count). The molecule has 0 saturated carbocycles. The zero-order chi connectivity index (χ0) is 14.4. The normalized spacial score (nSPS) is 12.6.